The van der Waals surface area contributed by atoms with Gasteiger partial charge in [-0.15, -0.1) is 0 Å². The Balaban J connectivity index is 2.68. The first-order valence-electron chi connectivity index (χ1n) is 5.10. The van der Waals surface area contributed by atoms with E-state index in [0.717, 1.165) is 6.07 Å². The molecule has 0 aliphatic rings. The summed E-state index contributed by atoms with van der Waals surface area (Å²) < 4.78 is 10.3. The van der Waals surface area contributed by atoms with Crippen molar-refractivity contribution in [3.05, 3.63) is 32.3 Å². The van der Waals surface area contributed by atoms with Gasteiger partial charge in [0.05, 0.1) is 28.2 Å². The van der Waals surface area contributed by atoms with Crippen LogP contribution in [0.15, 0.2) is 12.1 Å². The first-order valence-corrected chi connectivity index (χ1v) is 5.86. The third kappa shape index (κ3) is 4.30. The van der Waals surface area contributed by atoms with Crippen LogP contribution in [0.3, 0.4) is 0 Å². The minimum absolute atomic E-state index is 0.0609. The van der Waals surface area contributed by atoms with Gasteiger partial charge in [-0.25, -0.2) is 0 Å². The maximum atomic E-state index is 10.8. The normalized spacial score (nSPS) is 10.4. The quantitative estimate of drug-likeness (QED) is 0.473. The number of hydrogen-bond donors (Lipinski definition) is 1. The van der Waals surface area contributed by atoms with Crippen LogP contribution in [-0.4, -0.2) is 31.3 Å². The number of ether oxygens (including phenoxy) is 2. The zero-order valence-corrected chi connectivity index (χ0v) is 10.9. The molecule has 2 N–H and O–H groups in total. The van der Waals surface area contributed by atoms with Gasteiger partial charge >= 0.3 is 5.69 Å². The predicted molar refractivity (Wildman–Crippen MR) is 68.5 cm³/mol. The summed E-state index contributed by atoms with van der Waals surface area (Å²) in [5, 5.41) is 11.1. The molecule has 0 aliphatic heterocycles. The molecule has 0 radical (unpaired) electrons. The Hall–Kier alpha value is -1.08. The van der Waals surface area contributed by atoms with Crippen LogP contribution >= 0.6 is 23.2 Å². The average molecular weight is 295 g/mol. The van der Waals surface area contributed by atoms with Crippen molar-refractivity contribution >= 4 is 28.9 Å². The first kappa shape index (κ1) is 15.0. The molecule has 0 bridgehead atoms. The van der Waals surface area contributed by atoms with E-state index >= 15 is 0 Å². The van der Waals surface area contributed by atoms with Crippen LogP contribution in [0.4, 0.5) is 5.69 Å². The van der Waals surface area contributed by atoms with E-state index in [2.05, 4.69) is 0 Å². The lowest BCUT2D eigenvalue weighted by molar-refractivity contribution is -0.385. The van der Waals surface area contributed by atoms with Crippen LogP contribution in [0.25, 0.3) is 0 Å². The van der Waals surface area contributed by atoms with Crippen molar-refractivity contribution in [1.29, 1.82) is 0 Å². The van der Waals surface area contributed by atoms with Gasteiger partial charge in [0.1, 0.15) is 6.61 Å². The van der Waals surface area contributed by atoms with E-state index in [0.29, 0.717) is 13.2 Å². The molecule has 1 aromatic carbocycles. The molecule has 6 nitrogen and oxygen atoms in total. The fraction of sp³-hybridized carbons (Fsp3) is 0.400. The van der Waals surface area contributed by atoms with Crippen LogP contribution in [0.2, 0.25) is 10.0 Å². The summed E-state index contributed by atoms with van der Waals surface area (Å²) in [6.45, 7) is 1.27. The lowest BCUT2D eigenvalue weighted by Gasteiger charge is -2.08. The van der Waals surface area contributed by atoms with Gasteiger partial charge in [0, 0.05) is 18.7 Å². The standard InChI is InChI=1S/C10H12Cl2N2O4/c11-7-5-9(14(15)16)10(6-8(7)12)18-4-3-17-2-1-13/h5-6H,1-4,13H2. The molecule has 0 unspecified atom stereocenters. The number of benzene rings is 1. The Bertz CT molecular complexity index is 429. The van der Waals surface area contributed by atoms with E-state index in [-0.39, 0.29) is 34.7 Å². The van der Waals surface area contributed by atoms with Gasteiger partial charge in [0.15, 0.2) is 5.75 Å². The fourth-order valence-electron chi connectivity index (χ4n) is 1.17. The van der Waals surface area contributed by atoms with Crippen LogP contribution < -0.4 is 10.5 Å². The minimum atomic E-state index is -0.585. The van der Waals surface area contributed by atoms with Gasteiger partial charge in [-0.05, 0) is 0 Å². The lowest BCUT2D eigenvalue weighted by Crippen LogP contribution is -2.13. The zero-order valence-electron chi connectivity index (χ0n) is 9.40. The molecule has 8 heteroatoms. The Morgan fingerprint density at radius 1 is 1.22 bits per heavy atom. The molecular weight excluding hydrogens is 283 g/mol. The van der Waals surface area contributed by atoms with Gasteiger partial charge < -0.3 is 15.2 Å². The summed E-state index contributed by atoms with van der Waals surface area (Å²) in [5.41, 5.74) is 5.00. The predicted octanol–water partition coefficient (Wildman–Crippen LogP) is 2.26. The lowest BCUT2D eigenvalue weighted by atomic mass is 10.3. The molecule has 0 aromatic heterocycles. The highest BCUT2D eigenvalue weighted by Gasteiger charge is 2.18. The van der Waals surface area contributed by atoms with E-state index in [9.17, 15) is 10.1 Å². The van der Waals surface area contributed by atoms with Crippen molar-refractivity contribution < 1.29 is 14.4 Å². The number of nitro benzene ring substituents is 1. The molecule has 100 valence electrons. The van der Waals surface area contributed by atoms with E-state index in [1.807, 2.05) is 0 Å². The minimum Gasteiger partial charge on any atom is -0.484 e. The maximum Gasteiger partial charge on any atom is 0.312 e. The smallest absolute Gasteiger partial charge is 0.312 e. The Morgan fingerprint density at radius 2 is 1.89 bits per heavy atom. The van der Waals surface area contributed by atoms with Crippen molar-refractivity contribution in [2.75, 3.05) is 26.4 Å². The van der Waals surface area contributed by atoms with Crippen molar-refractivity contribution in [1.82, 2.24) is 0 Å². The second-order valence-electron chi connectivity index (χ2n) is 3.24. The highest BCUT2D eigenvalue weighted by molar-refractivity contribution is 6.42. The summed E-state index contributed by atoms with van der Waals surface area (Å²) in [6.07, 6.45) is 0. The highest BCUT2D eigenvalue weighted by Crippen LogP contribution is 2.35. The molecule has 0 atom stereocenters. The molecule has 0 heterocycles. The molecular formula is C10H12Cl2N2O4. The summed E-state index contributed by atoms with van der Waals surface area (Å²) in [6, 6.07) is 2.46. The van der Waals surface area contributed by atoms with Crippen molar-refractivity contribution in [3.8, 4) is 5.75 Å². The number of nitrogens with two attached hydrogens (primary N) is 1. The average Bonchev–Trinajstić information content (AvgIpc) is 2.32. The molecule has 0 saturated heterocycles. The Labute approximate surface area is 114 Å². The number of rotatable bonds is 7. The molecule has 18 heavy (non-hydrogen) atoms. The molecule has 1 rings (SSSR count). The fourth-order valence-corrected chi connectivity index (χ4v) is 1.48. The third-order valence-corrected chi connectivity index (χ3v) is 2.67. The second-order valence-corrected chi connectivity index (χ2v) is 4.06. The van der Waals surface area contributed by atoms with Gasteiger partial charge in [-0.1, -0.05) is 23.2 Å². The summed E-state index contributed by atoms with van der Waals surface area (Å²) in [7, 11) is 0. The molecule has 0 amide bonds. The van der Waals surface area contributed by atoms with Gasteiger partial charge in [-0.2, -0.15) is 0 Å². The monoisotopic (exact) mass is 294 g/mol. The highest BCUT2D eigenvalue weighted by atomic mass is 35.5. The largest absolute Gasteiger partial charge is 0.484 e. The zero-order chi connectivity index (χ0) is 13.5. The summed E-state index contributed by atoms with van der Waals surface area (Å²) >= 11 is 11.5. The second kappa shape index (κ2) is 7.38. The van der Waals surface area contributed by atoms with Crippen LogP contribution in [0.1, 0.15) is 0 Å². The van der Waals surface area contributed by atoms with Crippen molar-refractivity contribution in [3.63, 3.8) is 0 Å². The Kier molecular flexibility index (Phi) is 6.14. The van der Waals surface area contributed by atoms with Crippen molar-refractivity contribution in [2.24, 2.45) is 5.73 Å². The molecule has 0 saturated carbocycles. The van der Waals surface area contributed by atoms with E-state index < -0.39 is 4.92 Å². The van der Waals surface area contributed by atoms with Crippen LogP contribution in [-0.2, 0) is 4.74 Å². The Morgan fingerprint density at radius 3 is 2.50 bits per heavy atom. The summed E-state index contributed by atoms with van der Waals surface area (Å²) in [4.78, 5) is 10.2. The molecule has 0 fully saturated rings. The number of nitro groups is 1. The summed E-state index contributed by atoms with van der Waals surface area (Å²) in [5.74, 6) is 0.0609. The number of nitrogens with zero attached hydrogens (tertiary/aromatic N) is 1. The SMILES string of the molecule is NCCOCCOc1cc(Cl)c(Cl)cc1[N+](=O)[O-]. The third-order valence-electron chi connectivity index (χ3n) is 1.95. The maximum absolute atomic E-state index is 10.8. The van der Waals surface area contributed by atoms with Gasteiger partial charge in [0.2, 0.25) is 0 Å². The van der Waals surface area contributed by atoms with Gasteiger partial charge in [0.25, 0.3) is 0 Å². The number of hydrogen-bond acceptors (Lipinski definition) is 5. The molecule has 1 aromatic rings. The van der Waals surface area contributed by atoms with E-state index in [4.69, 9.17) is 38.4 Å². The van der Waals surface area contributed by atoms with Crippen molar-refractivity contribution in [2.45, 2.75) is 0 Å². The van der Waals surface area contributed by atoms with Crippen LogP contribution in [0.5, 0.6) is 5.75 Å². The molecule has 0 aliphatic carbocycles. The first-order chi connectivity index (χ1) is 8.56. The van der Waals surface area contributed by atoms with E-state index in [1.54, 1.807) is 0 Å². The van der Waals surface area contributed by atoms with E-state index in [1.165, 1.54) is 6.07 Å². The van der Waals surface area contributed by atoms with Crippen LogP contribution in [0, 0.1) is 10.1 Å². The van der Waals surface area contributed by atoms with Gasteiger partial charge in [-0.3, -0.25) is 10.1 Å². The number of halogens is 2. The topological polar surface area (TPSA) is 87.6 Å². The molecule has 0 spiro atoms.